The summed E-state index contributed by atoms with van der Waals surface area (Å²) in [5, 5.41) is 0. The van der Waals surface area contributed by atoms with Crippen LogP contribution in [0.15, 0.2) is 12.7 Å². The number of halogens is 10. The summed E-state index contributed by atoms with van der Waals surface area (Å²) in [6.45, 7) is 2.04. The Kier molecular flexibility index (Phi) is 3.83. The molecule has 0 spiro atoms. The highest BCUT2D eigenvalue weighted by atomic mass is 19.4. The maximum absolute atomic E-state index is 12.4. The van der Waals surface area contributed by atoms with Crippen LogP contribution in [0.25, 0.3) is 0 Å². The summed E-state index contributed by atoms with van der Waals surface area (Å²) >= 11 is 0. The highest BCUT2D eigenvalue weighted by Gasteiger charge is 2.82. The van der Waals surface area contributed by atoms with Crippen molar-refractivity contribution in [1.82, 2.24) is 0 Å². The summed E-state index contributed by atoms with van der Waals surface area (Å²) in [5.41, 5.74) is 0. The first-order valence-electron chi connectivity index (χ1n) is 3.59. The minimum absolute atomic E-state index is 1.03. The predicted molar refractivity (Wildman–Crippen MR) is 35.4 cm³/mol. The van der Waals surface area contributed by atoms with Gasteiger partial charge in [0.1, 0.15) is 0 Å². The van der Waals surface area contributed by atoms with Crippen LogP contribution in [0.3, 0.4) is 0 Å². The zero-order valence-corrected chi connectivity index (χ0v) is 7.56. The summed E-state index contributed by atoms with van der Waals surface area (Å²) in [4.78, 5) is 0. The molecule has 0 aliphatic carbocycles. The fourth-order valence-electron chi connectivity index (χ4n) is 0.653. The van der Waals surface area contributed by atoms with Crippen LogP contribution in [0.1, 0.15) is 0 Å². The second kappa shape index (κ2) is 4.05. The number of hydrogen-bond acceptors (Lipinski definition) is 0. The van der Waals surface area contributed by atoms with Gasteiger partial charge in [-0.2, -0.15) is 43.9 Å². The van der Waals surface area contributed by atoms with Crippen molar-refractivity contribution in [1.29, 1.82) is 0 Å². The fourth-order valence-corrected chi connectivity index (χ4v) is 0.653. The second-order valence-electron chi connectivity index (χ2n) is 2.81. The van der Waals surface area contributed by atoms with Gasteiger partial charge in [-0.3, -0.25) is 0 Å². The van der Waals surface area contributed by atoms with E-state index in [1.165, 1.54) is 0 Å². The Hall–Kier alpha value is -0.960. The van der Waals surface area contributed by atoms with Crippen molar-refractivity contribution in [3.8, 4) is 0 Å². The summed E-state index contributed by atoms with van der Waals surface area (Å²) in [5.74, 6) is -26.2. The Labute approximate surface area is 87.9 Å². The van der Waals surface area contributed by atoms with E-state index in [0.717, 1.165) is 0 Å². The molecule has 17 heavy (non-hydrogen) atoms. The van der Waals surface area contributed by atoms with Gasteiger partial charge in [0, 0.05) is 0 Å². The summed E-state index contributed by atoms with van der Waals surface area (Å²) in [7, 11) is 0. The van der Waals surface area contributed by atoms with Crippen molar-refractivity contribution in [2.24, 2.45) is 0 Å². The van der Waals surface area contributed by atoms with Gasteiger partial charge >= 0.3 is 30.1 Å². The third-order valence-electron chi connectivity index (χ3n) is 1.70. The van der Waals surface area contributed by atoms with E-state index >= 15 is 0 Å². The van der Waals surface area contributed by atoms with Crippen molar-refractivity contribution in [3.63, 3.8) is 0 Å². The van der Waals surface area contributed by atoms with Crippen molar-refractivity contribution < 1.29 is 43.9 Å². The molecule has 0 saturated heterocycles. The lowest BCUT2D eigenvalue weighted by atomic mass is 9.99. The van der Waals surface area contributed by atoms with E-state index < -0.39 is 36.2 Å². The van der Waals surface area contributed by atoms with E-state index in [1.54, 1.807) is 0 Å². The normalized spacial score (nSPS) is 15.2. The molecule has 0 fully saturated rings. The molecule has 0 saturated carbocycles. The van der Waals surface area contributed by atoms with Crippen LogP contribution in [-0.4, -0.2) is 23.7 Å². The highest BCUT2D eigenvalue weighted by Crippen LogP contribution is 2.55. The summed E-state index contributed by atoms with van der Waals surface area (Å²) in [6.07, 6.45) is -5.44. The molecule has 0 aromatic heterocycles. The summed E-state index contributed by atoms with van der Waals surface area (Å²) in [6, 6.07) is 0. The maximum atomic E-state index is 12.4. The van der Waals surface area contributed by atoms with Crippen molar-refractivity contribution in [3.05, 3.63) is 19.1 Å². The van der Waals surface area contributed by atoms with Crippen molar-refractivity contribution in [2.75, 3.05) is 0 Å². The number of alkyl halides is 8. The molecule has 0 heterocycles. The molecule has 0 aliphatic heterocycles. The van der Waals surface area contributed by atoms with Gasteiger partial charge in [0.2, 0.25) is 0 Å². The van der Waals surface area contributed by atoms with Crippen LogP contribution in [0.2, 0.25) is 0 Å². The lowest BCUT2D eigenvalue weighted by Crippen LogP contribution is -2.62. The molecular formula is C7H3F10. The van der Waals surface area contributed by atoms with Gasteiger partial charge < -0.3 is 0 Å². The van der Waals surface area contributed by atoms with Crippen LogP contribution in [0.4, 0.5) is 43.9 Å². The molecule has 10 heteroatoms. The molecule has 0 aromatic rings. The first-order valence-corrected chi connectivity index (χ1v) is 3.59. The molecule has 0 atom stereocenters. The van der Waals surface area contributed by atoms with Crippen LogP contribution in [0, 0.1) is 6.43 Å². The van der Waals surface area contributed by atoms with E-state index in [9.17, 15) is 43.9 Å². The third kappa shape index (κ3) is 2.08. The van der Waals surface area contributed by atoms with Gasteiger partial charge in [-0.15, -0.1) is 0 Å². The lowest BCUT2D eigenvalue weighted by Gasteiger charge is -2.34. The average Bonchev–Trinajstić information content (AvgIpc) is 2.16. The maximum Gasteiger partial charge on any atom is 0.385 e. The number of allylic oxidation sites excluding steroid dienone is 1. The minimum atomic E-state index is -6.98. The quantitative estimate of drug-likeness (QED) is 0.523. The molecule has 0 unspecified atom stereocenters. The Morgan fingerprint density at radius 2 is 1.12 bits per heavy atom. The highest BCUT2D eigenvalue weighted by molar-refractivity contribution is 5.12. The van der Waals surface area contributed by atoms with E-state index in [4.69, 9.17) is 0 Å². The topological polar surface area (TPSA) is 0 Å². The van der Waals surface area contributed by atoms with Gasteiger partial charge in [0.05, 0.1) is 0 Å². The molecule has 101 valence electrons. The molecule has 1 radical (unpaired) electrons. The Morgan fingerprint density at radius 1 is 0.765 bits per heavy atom. The van der Waals surface area contributed by atoms with E-state index in [2.05, 4.69) is 0 Å². The third-order valence-corrected chi connectivity index (χ3v) is 1.70. The molecule has 0 bridgehead atoms. The predicted octanol–water partition coefficient (Wildman–Crippen LogP) is 4.14. The van der Waals surface area contributed by atoms with Gasteiger partial charge in [-0.25, -0.2) is 0 Å². The lowest BCUT2D eigenvalue weighted by molar-refractivity contribution is -0.360. The largest absolute Gasteiger partial charge is 0.385 e. The van der Waals surface area contributed by atoms with Crippen LogP contribution in [0.5, 0.6) is 0 Å². The molecule has 0 rings (SSSR count). The summed E-state index contributed by atoms with van der Waals surface area (Å²) < 4.78 is 121. The van der Waals surface area contributed by atoms with E-state index in [-0.39, 0.29) is 0 Å². The standard InChI is InChI=1S/C7H3F10/c1-2-4(10,11)6(14,15)7(16,17)5(12,13)3(8)9/h2H,1H2. The first-order chi connectivity index (χ1) is 7.25. The van der Waals surface area contributed by atoms with Crippen LogP contribution >= 0.6 is 0 Å². The van der Waals surface area contributed by atoms with Gasteiger partial charge in [-0.1, -0.05) is 6.58 Å². The van der Waals surface area contributed by atoms with Crippen molar-refractivity contribution in [2.45, 2.75) is 23.7 Å². The molecule has 0 N–H and O–H groups in total. The SMILES string of the molecule is C=CC(F)(F)C(F)(F)C(F)(F)C(F)(F)[C](F)F. The Bertz CT molecular complexity index is 291. The van der Waals surface area contributed by atoms with E-state index in [1.807, 2.05) is 6.58 Å². The van der Waals surface area contributed by atoms with Crippen LogP contribution < -0.4 is 0 Å². The average molecular weight is 277 g/mol. The fraction of sp³-hybridized carbons (Fsp3) is 0.571. The molecule has 0 nitrogen and oxygen atoms in total. The zero-order valence-electron chi connectivity index (χ0n) is 7.56. The smallest absolute Gasteiger partial charge is 0.195 e. The molecular weight excluding hydrogens is 274 g/mol. The molecule has 0 aromatic carbocycles. The van der Waals surface area contributed by atoms with Gasteiger partial charge in [-0.05, 0) is 6.08 Å². The monoisotopic (exact) mass is 277 g/mol. The van der Waals surface area contributed by atoms with Gasteiger partial charge in [0.25, 0.3) is 0 Å². The Balaban J connectivity index is 5.68. The van der Waals surface area contributed by atoms with E-state index in [0.29, 0.717) is 0 Å². The Morgan fingerprint density at radius 3 is 1.35 bits per heavy atom. The number of rotatable bonds is 5. The minimum Gasteiger partial charge on any atom is -0.195 e. The number of hydrogen-bond donors (Lipinski definition) is 0. The first kappa shape index (κ1) is 16.0. The second-order valence-corrected chi connectivity index (χ2v) is 2.81. The van der Waals surface area contributed by atoms with Crippen LogP contribution in [-0.2, 0) is 0 Å². The van der Waals surface area contributed by atoms with Crippen molar-refractivity contribution >= 4 is 0 Å². The molecule has 0 amide bonds. The van der Waals surface area contributed by atoms with Gasteiger partial charge in [0.15, 0.2) is 0 Å². The molecule has 0 aliphatic rings. The zero-order chi connectivity index (χ0) is 14.3.